The van der Waals surface area contributed by atoms with E-state index in [1.165, 1.54) is 0 Å². The third-order valence-corrected chi connectivity index (χ3v) is 2.36. The molecule has 1 rings (SSSR count). The summed E-state index contributed by atoms with van der Waals surface area (Å²) in [4.78, 5) is 13.4. The third-order valence-electron chi connectivity index (χ3n) is 2.36. The molecule has 0 radical (unpaired) electrons. The highest BCUT2D eigenvalue weighted by Crippen LogP contribution is 2.06. The van der Waals surface area contributed by atoms with Gasteiger partial charge in [0, 0.05) is 24.7 Å². The molecule has 0 spiro atoms. The van der Waals surface area contributed by atoms with Crippen molar-refractivity contribution in [2.45, 2.75) is 6.92 Å². The topological polar surface area (TPSA) is 78.9 Å². The fraction of sp³-hybridized carbons (Fsp3) is 0.273. The van der Waals surface area contributed by atoms with Gasteiger partial charge in [0.05, 0.1) is 0 Å². The minimum Gasteiger partial charge on any atom is -0.409 e. The first kappa shape index (κ1) is 12.0. The van der Waals surface area contributed by atoms with Crippen LogP contribution in [-0.4, -0.2) is 35.4 Å². The van der Waals surface area contributed by atoms with E-state index in [9.17, 15) is 4.79 Å². The van der Waals surface area contributed by atoms with Crippen molar-refractivity contribution in [2.24, 2.45) is 10.9 Å². The lowest BCUT2D eigenvalue weighted by molar-refractivity contribution is 0.0802. The number of nitrogens with zero attached hydrogens (tertiary/aromatic N) is 2. The van der Waals surface area contributed by atoms with Crippen molar-refractivity contribution in [3.05, 3.63) is 35.4 Å². The van der Waals surface area contributed by atoms with Crippen molar-refractivity contribution >= 4 is 11.7 Å². The minimum absolute atomic E-state index is 0.0304. The molecule has 0 aliphatic rings. The Balaban J connectivity index is 2.91. The Hall–Kier alpha value is -2.04. The molecule has 0 fully saturated rings. The summed E-state index contributed by atoms with van der Waals surface area (Å²) in [6, 6.07) is 6.60. The van der Waals surface area contributed by atoms with Gasteiger partial charge < -0.3 is 15.8 Å². The molecule has 0 aliphatic carbocycles. The van der Waals surface area contributed by atoms with E-state index in [1.807, 2.05) is 6.92 Å². The van der Waals surface area contributed by atoms with E-state index < -0.39 is 0 Å². The van der Waals surface area contributed by atoms with Crippen LogP contribution in [0.4, 0.5) is 0 Å². The molecule has 1 aromatic carbocycles. The smallest absolute Gasteiger partial charge is 0.253 e. The highest BCUT2D eigenvalue weighted by molar-refractivity contribution is 5.99. The number of nitrogens with two attached hydrogens (primary N) is 1. The molecular formula is C11H15N3O2. The quantitative estimate of drug-likeness (QED) is 0.344. The summed E-state index contributed by atoms with van der Waals surface area (Å²) in [7, 11) is 1.74. The first-order chi connectivity index (χ1) is 7.60. The normalized spacial score (nSPS) is 11.2. The van der Waals surface area contributed by atoms with Gasteiger partial charge in [0.25, 0.3) is 5.91 Å². The summed E-state index contributed by atoms with van der Waals surface area (Å²) in [5, 5.41) is 11.4. The number of oxime groups is 1. The summed E-state index contributed by atoms with van der Waals surface area (Å²) >= 11 is 0. The molecule has 16 heavy (non-hydrogen) atoms. The second-order valence-electron chi connectivity index (χ2n) is 3.38. The number of hydrogen-bond acceptors (Lipinski definition) is 3. The van der Waals surface area contributed by atoms with Crippen LogP contribution in [0.2, 0.25) is 0 Å². The Labute approximate surface area is 94.2 Å². The largest absolute Gasteiger partial charge is 0.409 e. The van der Waals surface area contributed by atoms with Crippen molar-refractivity contribution in [1.82, 2.24) is 4.90 Å². The zero-order valence-corrected chi connectivity index (χ0v) is 9.34. The summed E-state index contributed by atoms with van der Waals surface area (Å²) in [6.45, 7) is 2.56. The standard InChI is InChI=1S/C11H15N3O2/c1-3-14(2)11(15)9-6-4-8(5-7-9)10(12)13-16/h4-7,16H,3H2,1-2H3,(H2,12,13). The molecule has 0 saturated heterocycles. The number of benzene rings is 1. The SMILES string of the molecule is CCN(C)C(=O)c1ccc(/C(N)=N/O)cc1. The first-order valence-corrected chi connectivity index (χ1v) is 4.93. The maximum Gasteiger partial charge on any atom is 0.253 e. The van der Waals surface area contributed by atoms with E-state index >= 15 is 0 Å². The summed E-state index contributed by atoms with van der Waals surface area (Å²) in [6.07, 6.45) is 0. The minimum atomic E-state index is -0.0476. The van der Waals surface area contributed by atoms with Gasteiger partial charge in [-0.3, -0.25) is 4.79 Å². The zero-order chi connectivity index (χ0) is 12.1. The van der Waals surface area contributed by atoms with Crippen LogP contribution in [0.1, 0.15) is 22.8 Å². The number of rotatable bonds is 3. The lowest BCUT2D eigenvalue weighted by atomic mass is 10.1. The Morgan fingerprint density at radius 3 is 2.31 bits per heavy atom. The Bertz CT molecular complexity index is 398. The maximum absolute atomic E-state index is 11.7. The monoisotopic (exact) mass is 221 g/mol. The van der Waals surface area contributed by atoms with Crippen molar-refractivity contribution in [2.75, 3.05) is 13.6 Å². The van der Waals surface area contributed by atoms with Gasteiger partial charge in [-0.2, -0.15) is 0 Å². The molecule has 0 bridgehead atoms. The van der Waals surface area contributed by atoms with Gasteiger partial charge in [-0.15, -0.1) is 0 Å². The van der Waals surface area contributed by atoms with Crippen LogP contribution in [0.15, 0.2) is 29.4 Å². The second kappa shape index (κ2) is 5.16. The summed E-state index contributed by atoms with van der Waals surface area (Å²) in [5.74, 6) is -0.0172. The van der Waals surface area contributed by atoms with Crippen LogP contribution in [0.5, 0.6) is 0 Å². The number of hydrogen-bond donors (Lipinski definition) is 2. The average molecular weight is 221 g/mol. The van der Waals surface area contributed by atoms with Gasteiger partial charge in [0.15, 0.2) is 5.84 Å². The predicted molar refractivity (Wildman–Crippen MR) is 61.6 cm³/mol. The molecule has 3 N–H and O–H groups in total. The van der Waals surface area contributed by atoms with Gasteiger partial charge in [-0.1, -0.05) is 17.3 Å². The van der Waals surface area contributed by atoms with Crippen molar-refractivity contribution in [3.8, 4) is 0 Å². The van der Waals surface area contributed by atoms with Gasteiger partial charge in [-0.05, 0) is 19.1 Å². The van der Waals surface area contributed by atoms with E-state index in [0.29, 0.717) is 17.7 Å². The van der Waals surface area contributed by atoms with Crippen molar-refractivity contribution in [3.63, 3.8) is 0 Å². The number of amides is 1. The van der Waals surface area contributed by atoms with Gasteiger partial charge in [0.1, 0.15) is 0 Å². The molecule has 0 aromatic heterocycles. The predicted octanol–water partition coefficient (Wildman–Crippen LogP) is 0.873. The van der Waals surface area contributed by atoms with Crippen LogP contribution in [0, 0.1) is 0 Å². The highest BCUT2D eigenvalue weighted by atomic mass is 16.4. The number of carbonyl (C=O) groups excluding carboxylic acids is 1. The van der Waals surface area contributed by atoms with Gasteiger partial charge >= 0.3 is 0 Å². The van der Waals surface area contributed by atoms with E-state index in [4.69, 9.17) is 10.9 Å². The highest BCUT2D eigenvalue weighted by Gasteiger charge is 2.09. The molecule has 5 heteroatoms. The molecule has 1 amide bonds. The number of carbonyl (C=O) groups is 1. The van der Waals surface area contributed by atoms with Crippen molar-refractivity contribution < 1.29 is 10.0 Å². The Morgan fingerprint density at radius 1 is 1.38 bits per heavy atom. The number of amidine groups is 1. The van der Waals surface area contributed by atoms with E-state index in [-0.39, 0.29) is 11.7 Å². The van der Waals surface area contributed by atoms with Gasteiger partial charge in [-0.25, -0.2) is 0 Å². The third kappa shape index (κ3) is 2.50. The molecule has 0 aliphatic heterocycles. The van der Waals surface area contributed by atoms with E-state index in [2.05, 4.69) is 5.16 Å². The first-order valence-electron chi connectivity index (χ1n) is 4.93. The summed E-state index contributed by atoms with van der Waals surface area (Å²) in [5.41, 5.74) is 6.57. The maximum atomic E-state index is 11.7. The molecule has 0 saturated carbocycles. The van der Waals surface area contributed by atoms with Crippen LogP contribution in [0.3, 0.4) is 0 Å². The molecule has 1 aromatic rings. The molecular weight excluding hydrogens is 206 g/mol. The molecule has 0 heterocycles. The van der Waals surface area contributed by atoms with E-state index in [0.717, 1.165) is 0 Å². The second-order valence-corrected chi connectivity index (χ2v) is 3.38. The molecule has 5 nitrogen and oxygen atoms in total. The molecule has 86 valence electrons. The van der Waals surface area contributed by atoms with Gasteiger partial charge in [0.2, 0.25) is 0 Å². The zero-order valence-electron chi connectivity index (χ0n) is 9.34. The molecule has 0 atom stereocenters. The summed E-state index contributed by atoms with van der Waals surface area (Å²) < 4.78 is 0. The van der Waals surface area contributed by atoms with E-state index in [1.54, 1.807) is 36.2 Å². The average Bonchev–Trinajstić information content (AvgIpc) is 2.36. The fourth-order valence-electron chi connectivity index (χ4n) is 1.21. The lowest BCUT2D eigenvalue weighted by Gasteiger charge is -2.14. The fourth-order valence-corrected chi connectivity index (χ4v) is 1.21. The lowest BCUT2D eigenvalue weighted by Crippen LogP contribution is -2.26. The Morgan fingerprint density at radius 2 is 1.88 bits per heavy atom. The van der Waals surface area contributed by atoms with Crippen LogP contribution in [-0.2, 0) is 0 Å². The Kier molecular flexibility index (Phi) is 3.88. The van der Waals surface area contributed by atoms with Crippen LogP contribution in [0.25, 0.3) is 0 Å². The van der Waals surface area contributed by atoms with Crippen LogP contribution < -0.4 is 5.73 Å². The van der Waals surface area contributed by atoms with Crippen molar-refractivity contribution in [1.29, 1.82) is 0 Å². The van der Waals surface area contributed by atoms with Crippen LogP contribution >= 0.6 is 0 Å². The molecule has 0 unspecified atom stereocenters.